The van der Waals surface area contributed by atoms with Gasteiger partial charge in [0.25, 0.3) is 0 Å². The minimum absolute atomic E-state index is 0.00169. The Morgan fingerprint density at radius 2 is 1.94 bits per heavy atom. The third-order valence-electron chi connectivity index (χ3n) is 4.14. The molecule has 1 aliphatic rings. The van der Waals surface area contributed by atoms with E-state index in [0.29, 0.717) is 17.5 Å². The van der Waals surface area contributed by atoms with E-state index in [1.807, 2.05) is 0 Å². The average molecular weight is 254 g/mol. The van der Waals surface area contributed by atoms with E-state index in [0.717, 1.165) is 18.9 Å². The third-order valence-corrected chi connectivity index (χ3v) is 4.14. The average Bonchev–Trinajstić information content (AvgIpc) is 2.31. The molecule has 0 aromatic heterocycles. The maximum Gasteiger partial charge on any atom is 0.151 e. The molecule has 2 nitrogen and oxygen atoms in total. The van der Waals surface area contributed by atoms with Crippen LogP contribution in [0.1, 0.15) is 33.1 Å². The lowest BCUT2D eigenvalue weighted by atomic mass is 9.78. The number of hydrogen-bond acceptors (Lipinski definition) is 2. The first kappa shape index (κ1) is 13.1. The Kier molecular flexibility index (Phi) is 3.73. The summed E-state index contributed by atoms with van der Waals surface area (Å²) in [6.45, 7) is 4.39. The van der Waals surface area contributed by atoms with E-state index in [1.165, 1.54) is 12.5 Å². The number of halogens is 2. The van der Waals surface area contributed by atoms with Gasteiger partial charge in [-0.2, -0.15) is 0 Å². The summed E-state index contributed by atoms with van der Waals surface area (Å²) in [6, 6.07) is 2.31. The fraction of sp³-hybridized carbons (Fsp3) is 0.571. The molecule has 2 rings (SSSR count). The summed E-state index contributed by atoms with van der Waals surface area (Å²) in [4.78, 5) is 0. The van der Waals surface area contributed by atoms with Crippen molar-refractivity contribution in [2.45, 2.75) is 39.2 Å². The molecule has 0 amide bonds. The summed E-state index contributed by atoms with van der Waals surface area (Å²) >= 11 is 0. The summed E-state index contributed by atoms with van der Waals surface area (Å²) in [5.41, 5.74) is 6.02. The largest absolute Gasteiger partial charge is 0.395 e. The van der Waals surface area contributed by atoms with Crippen molar-refractivity contribution in [3.05, 3.63) is 23.8 Å². The van der Waals surface area contributed by atoms with Crippen LogP contribution in [0.15, 0.2) is 12.1 Å². The van der Waals surface area contributed by atoms with Crippen molar-refractivity contribution in [2.24, 2.45) is 11.8 Å². The van der Waals surface area contributed by atoms with Crippen molar-refractivity contribution in [1.29, 1.82) is 0 Å². The molecule has 18 heavy (non-hydrogen) atoms. The van der Waals surface area contributed by atoms with Crippen LogP contribution < -0.4 is 11.1 Å². The van der Waals surface area contributed by atoms with Crippen molar-refractivity contribution in [2.75, 3.05) is 11.1 Å². The number of anilines is 2. The van der Waals surface area contributed by atoms with Gasteiger partial charge in [-0.1, -0.05) is 26.7 Å². The molecule has 3 N–H and O–H groups in total. The van der Waals surface area contributed by atoms with Crippen molar-refractivity contribution >= 4 is 11.4 Å². The fourth-order valence-electron chi connectivity index (χ4n) is 2.69. The normalized spacial score (nSPS) is 28.1. The zero-order valence-corrected chi connectivity index (χ0v) is 10.8. The van der Waals surface area contributed by atoms with Gasteiger partial charge in [0.15, 0.2) is 5.82 Å². The van der Waals surface area contributed by atoms with E-state index >= 15 is 0 Å². The van der Waals surface area contributed by atoms with Crippen molar-refractivity contribution < 1.29 is 8.78 Å². The van der Waals surface area contributed by atoms with E-state index in [2.05, 4.69) is 19.2 Å². The number of rotatable bonds is 2. The zero-order chi connectivity index (χ0) is 13.3. The Balaban J connectivity index is 2.18. The highest BCUT2D eigenvalue weighted by molar-refractivity contribution is 5.67. The van der Waals surface area contributed by atoms with Crippen LogP contribution in [0.5, 0.6) is 0 Å². The number of nitrogens with one attached hydrogen (secondary N) is 1. The van der Waals surface area contributed by atoms with Gasteiger partial charge in [-0.05, 0) is 24.3 Å². The van der Waals surface area contributed by atoms with Gasteiger partial charge >= 0.3 is 0 Å². The molecular weight excluding hydrogens is 234 g/mol. The first-order chi connectivity index (χ1) is 8.49. The highest BCUT2D eigenvalue weighted by Gasteiger charge is 2.27. The topological polar surface area (TPSA) is 38.0 Å². The van der Waals surface area contributed by atoms with Crippen molar-refractivity contribution in [1.82, 2.24) is 0 Å². The maximum atomic E-state index is 13.4. The van der Waals surface area contributed by atoms with Crippen LogP contribution in [0, 0.1) is 23.5 Å². The second-order valence-corrected chi connectivity index (χ2v) is 5.37. The summed E-state index contributed by atoms with van der Waals surface area (Å²) in [5, 5.41) is 3.21. The molecule has 0 bridgehead atoms. The van der Waals surface area contributed by atoms with Crippen molar-refractivity contribution in [3.63, 3.8) is 0 Å². The van der Waals surface area contributed by atoms with Crippen LogP contribution in [-0.2, 0) is 0 Å². The molecule has 1 aliphatic carbocycles. The first-order valence-corrected chi connectivity index (χ1v) is 6.50. The van der Waals surface area contributed by atoms with Gasteiger partial charge in [-0.3, -0.25) is 0 Å². The van der Waals surface area contributed by atoms with Crippen LogP contribution in [0.4, 0.5) is 20.2 Å². The Bertz CT molecular complexity index is 434. The van der Waals surface area contributed by atoms with E-state index in [-0.39, 0.29) is 11.7 Å². The molecule has 0 aliphatic heterocycles. The summed E-state index contributed by atoms with van der Waals surface area (Å²) < 4.78 is 26.6. The molecule has 1 fully saturated rings. The van der Waals surface area contributed by atoms with E-state index in [9.17, 15) is 8.78 Å². The molecule has 3 atom stereocenters. The molecule has 3 unspecified atom stereocenters. The molecule has 1 aromatic rings. The van der Waals surface area contributed by atoms with E-state index in [4.69, 9.17) is 5.73 Å². The lowest BCUT2D eigenvalue weighted by Gasteiger charge is -2.35. The van der Waals surface area contributed by atoms with Gasteiger partial charge in [-0.25, -0.2) is 8.78 Å². The zero-order valence-electron chi connectivity index (χ0n) is 10.8. The minimum Gasteiger partial charge on any atom is -0.395 e. The number of hydrogen-bond donors (Lipinski definition) is 2. The predicted molar refractivity (Wildman–Crippen MR) is 70.4 cm³/mol. The van der Waals surface area contributed by atoms with Gasteiger partial charge in [-0.15, -0.1) is 0 Å². The SMILES string of the molecule is CC1CCCC(Nc2cc(F)cc(F)c2N)C1C. The summed E-state index contributed by atoms with van der Waals surface area (Å²) in [5.74, 6) is -0.199. The van der Waals surface area contributed by atoms with Crippen LogP contribution in [0.2, 0.25) is 0 Å². The lowest BCUT2D eigenvalue weighted by Crippen LogP contribution is -2.35. The molecule has 0 heterocycles. The van der Waals surface area contributed by atoms with E-state index in [1.54, 1.807) is 0 Å². The van der Waals surface area contributed by atoms with Gasteiger partial charge in [0.05, 0.1) is 11.4 Å². The summed E-state index contributed by atoms with van der Waals surface area (Å²) in [6.07, 6.45) is 3.37. The maximum absolute atomic E-state index is 13.4. The fourth-order valence-corrected chi connectivity index (χ4v) is 2.69. The van der Waals surface area contributed by atoms with Gasteiger partial charge in [0.1, 0.15) is 5.82 Å². The van der Waals surface area contributed by atoms with Gasteiger partial charge < -0.3 is 11.1 Å². The standard InChI is InChI=1S/C14H20F2N2/c1-8-4-3-5-12(9(8)2)18-13-7-10(15)6-11(16)14(13)17/h6-9,12,18H,3-5,17H2,1-2H3. The molecule has 4 heteroatoms. The Labute approximate surface area is 107 Å². The highest BCUT2D eigenvalue weighted by Crippen LogP contribution is 2.33. The molecule has 0 saturated heterocycles. The van der Waals surface area contributed by atoms with Crippen molar-refractivity contribution in [3.8, 4) is 0 Å². The second kappa shape index (κ2) is 5.12. The number of nitrogens with two attached hydrogens (primary N) is 1. The lowest BCUT2D eigenvalue weighted by molar-refractivity contribution is 0.253. The quantitative estimate of drug-likeness (QED) is 0.788. The molecule has 0 spiro atoms. The number of benzene rings is 1. The highest BCUT2D eigenvalue weighted by atomic mass is 19.1. The molecule has 1 saturated carbocycles. The first-order valence-electron chi connectivity index (χ1n) is 6.50. The van der Waals surface area contributed by atoms with Gasteiger partial charge in [0, 0.05) is 12.1 Å². The van der Waals surface area contributed by atoms with Crippen LogP contribution in [0.25, 0.3) is 0 Å². The Morgan fingerprint density at radius 1 is 1.22 bits per heavy atom. The van der Waals surface area contributed by atoms with Crippen LogP contribution in [0.3, 0.4) is 0 Å². The Hall–Kier alpha value is -1.32. The molecule has 100 valence electrons. The van der Waals surface area contributed by atoms with Gasteiger partial charge in [0.2, 0.25) is 0 Å². The van der Waals surface area contributed by atoms with Crippen LogP contribution in [-0.4, -0.2) is 6.04 Å². The molecular formula is C14H20F2N2. The molecule has 1 aromatic carbocycles. The predicted octanol–water partition coefficient (Wildman–Crippen LogP) is 3.78. The smallest absolute Gasteiger partial charge is 0.151 e. The monoisotopic (exact) mass is 254 g/mol. The van der Waals surface area contributed by atoms with E-state index < -0.39 is 11.6 Å². The second-order valence-electron chi connectivity index (χ2n) is 5.37. The minimum atomic E-state index is -0.700. The Morgan fingerprint density at radius 3 is 2.67 bits per heavy atom. The summed E-state index contributed by atoms with van der Waals surface area (Å²) in [7, 11) is 0. The molecule has 0 radical (unpaired) electrons. The van der Waals surface area contributed by atoms with Crippen LogP contribution >= 0.6 is 0 Å². The number of nitrogen functional groups attached to an aromatic ring is 1. The third kappa shape index (κ3) is 2.57.